The van der Waals surface area contributed by atoms with Crippen LogP contribution in [0.3, 0.4) is 0 Å². The zero-order valence-corrected chi connectivity index (χ0v) is 15.9. The number of hydrogen-bond donors (Lipinski definition) is 2. The smallest absolute Gasteiger partial charge is 0.320 e. The van der Waals surface area contributed by atoms with E-state index in [9.17, 15) is 9.18 Å². The largest absolute Gasteiger partial charge is 0.331 e. The van der Waals surface area contributed by atoms with Crippen molar-refractivity contribution in [1.29, 1.82) is 0 Å². The maximum atomic E-state index is 14.9. The number of rotatable bonds is 4. The number of halogens is 1. The van der Waals surface area contributed by atoms with E-state index in [1.165, 1.54) is 12.4 Å². The van der Waals surface area contributed by atoms with Crippen molar-refractivity contribution in [3.63, 3.8) is 0 Å². The molecule has 29 heavy (non-hydrogen) atoms. The van der Waals surface area contributed by atoms with Crippen molar-refractivity contribution in [2.24, 2.45) is 0 Å². The van der Waals surface area contributed by atoms with E-state index in [2.05, 4.69) is 25.7 Å². The molecule has 0 bridgehead atoms. The van der Waals surface area contributed by atoms with Crippen molar-refractivity contribution in [2.45, 2.75) is 19.9 Å². The molecule has 8 heteroatoms. The summed E-state index contributed by atoms with van der Waals surface area (Å²) >= 11 is 0. The maximum Gasteiger partial charge on any atom is 0.320 e. The Morgan fingerprint density at radius 2 is 1.93 bits per heavy atom. The predicted octanol–water partition coefficient (Wildman–Crippen LogP) is 4.15. The van der Waals surface area contributed by atoms with Crippen LogP contribution < -0.4 is 10.6 Å². The molecule has 1 atom stereocenters. The van der Waals surface area contributed by atoms with Gasteiger partial charge in [0.15, 0.2) is 11.6 Å². The summed E-state index contributed by atoms with van der Waals surface area (Å²) < 4.78 is 16.5. The lowest BCUT2D eigenvalue weighted by molar-refractivity contribution is 0.249. The molecule has 0 saturated carbocycles. The van der Waals surface area contributed by atoms with Gasteiger partial charge in [-0.25, -0.2) is 18.9 Å². The van der Waals surface area contributed by atoms with Gasteiger partial charge < -0.3 is 5.32 Å². The van der Waals surface area contributed by atoms with E-state index < -0.39 is 11.8 Å². The maximum absolute atomic E-state index is 14.9. The van der Waals surface area contributed by atoms with E-state index in [-0.39, 0.29) is 17.2 Å². The van der Waals surface area contributed by atoms with Gasteiger partial charge in [-0.3, -0.25) is 10.3 Å². The number of aromatic nitrogens is 4. The Bertz CT molecular complexity index is 1170. The van der Waals surface area contributed by atoms with Crippen molar-refractivity contribution in [1.82, 2.24) is 25.1 Å². The standard InChI is InChI=1S/C21H19FN6O/c1-13-10-16(8-9-23-13)28-18-12-24-20(19(22)17(18)11-25-28)27-21(29)26-14(2)15-6-4-3-5-7-15/h3-12,14H,1-2H3,(H2,24,26,27,29)/t14-/m1/s1. The Hall–Kier alpha value is -3.81. The number of nitrogens with one attached hydrogen (secondary N) is 2. The highest BCUT2D eigenvalue weighted by atomic mass is 19.1. The normalized spacial score (nSPS) is 12.0. The number of benzene rings is 1. The number of carbonyl (C=O) groups excluding carboxylic acids is 1. The minimum absolute atomic E-state index is 0.152. The highest BCUT2D eigenvalue weighted by Crippen LogP contribution is 2.24. The molecule has 0 aliphatic rings. The summed E-state index contributed by atoms with van der Waals surface area (Å²) in [6.07, 6.45) is 4.56. The number of aryl methyl sites for hydroxylation is 1. The third kappa shape index (κ3) is 3.77. The molecule has 3 heterocycles. The number of carbonyl (C=O) groups is 1. The minimum atomic E-state index is -0.637. The summed E-state index contributed by atoms with van der Waals surface area (Å²) in [5.74, 6) is -0.789. The molecule has 0 spiro atoms. The molecule has 0 aliphatic heterocycles. The first kappa shape index (κ1) is 18.5. The van der Waals surface area contributed by atoms with E-state index in [4.69, 9.17) is 0 Å². The number of pyridine rings is 2. The number of amides is 2. The monoisotopic (exact) mass is 390 g/mol. The zero-order chi connectivity index (χ0) is 20.4. The van der Waals surface area contributed by atoms with Crippen LogP contribution in [0.25, 0.3) is 16.6 Å². The van der Waals surface area contributed by atoms with Gasteiger partial charge in [0, 0.05) is 11.9 Å². The zero-order valence-electron chi connectivity index (χ0n) is 15.9. The molecule has 1 aromatic carbocycles. The number of hydrogen-bond acceptors (Lipinski definition) is 4. The van der Waals surface area contributed by atoms with Gasteiger partial charge in [0.2, 0.25) is 0 Å². The Labute approximate surface area is 166 Å². The van der Waals surface area contributed by atoms with Crippen molar-refractivity contribution < 1.29 is 9.18 Å². The molecule has 0 saturated heterocycles. The lowest BCUT2D eigenvalue weighted by Gasteiger charge is -2.15. The quantitative estimate of drug-likeness (QED) is 0.548. The summed E-state index contributed by atoms with van der Waals surface area (Å²) in [5.41, 5.74) is 3.02. The number of urea groups is 1. The molecule has 146 valence electrons. The Kier molecular flexibility index (Phi) is 4.90. The van der Waals surface area contributed by atoms with Crippen LogP contribution in [0.1, 0.15) is 24.2 Å². The van der Waals surface area contributed by atoms with Gasteiger partial charge in [-0.05, 0) is 31.5 Å². The van der Waals surface area contributed by atoms with Crippen molar-refractivity contribution in [3.8, 4) is 5.69 Å². The van der Waals surface area contributed by atoms with Gasteiger partial charge in [0.05, 0.1) is 35.0 Å². The summed E-state index contributed by atoms with van der Waals surface area (Å²) in [4.78, 5) is 20.5. The van der Waals surface area contributed by atoms with Gasteiger partial charge in [-0.1, -0.05) is 30.3 Å². The van der Waals surface area contributed by atoms with Crippen LogP contribution in [0.5, 0.6) is 0 Å². The van der Waals surface area contributed by atoms with E-state index in [1.807, 2.05) is 50.2 Å². The molecule has 4 rings (SSSR count). The second kappa shape index (κ2) is 7.67. The second-order valence-corrected chi connectivity index (χ2v) is 6.66. The fraction of sp³-hybridized carbons (Fsp3) is 0.143. The molecule has 3 aromatic heterocycles. The molecule has 7 nitrogen and oxygen atoms in total. The van der Waals surface area contributed by atoms with E-state index >= 15 is 0 Å². The second-order valence-electron chi connectivity index (χ2n) is 6.66. The van der Waals surface area contributed by atoms with Gasteiger partial charge in [0.25, 0.3) is 0 Å². The lowest BCUT2D eigenvalue weighted by atomic mass is 10.1. The summed E-state index contributed by atoms with van der Waals surface area (Å²) in [7, 11) is 0. The third-order valence-electron chi connectivity index (χ3n) is 4.57. The molecule has 0 radical (unpaired) electrons. The Morgan fingerprint density at radius 1 is 1.14 bits per heavy atom. The summed E-state index contributed by atoms with van der Waals surface area (Å²) in [6, 6.07) is 12.3. The number of nitrogens with zero attached hydrogens (tertiary/aromatic N) is 4. The summed E-state index contributed by atoms with van der Waals surface area (Å²) in [5, 5.41) is 9.77. The van der Waals surface area contributed by atoms with Gasteiger partial charge in [0.1, 0.15) is 0 Å². The Morgan fingerprint density at radius 3 is 2.69 bits per heavy atom. The molecule has 0 aliphatic carbocycles. The molecule has 0 fully saturated rings. The van der Waals surface area contributed by atoms with Crippen LogP contribution in [0.2, 0.25) is 0 Å². The van der Waals surface area contributed by atoms with Crippen molar-refractivity contribution in [3.05, 3.63) is 78.1 Å². The van der Waals surface area contributed by atoms with Gasteiger partial charge in [-0.2, -0.15) is 5.10 Å². The van der Waals surface area contributed by atoms with Crippen LogP contribution >= 0.6 is 0 Å². The molecular weight excluding hydrogens is 371 g/mol. The number of anilines is 1. The topological polar surface area (TPSA) is 84.7 Å². The first-order valence-corrected chi connectivity index (χ1v) is 9.10. The highest BCUT2D eigenvalue weighted by Gasteiger charge is 2.17. The average Bonchev–Trinajstić information content (AvgIpc) is 3.15. The first-order chi connectivity index (χ1) is 14.0. The lowest BCUT2D eigenvalue weighted by Crippen LogP contribution is -2.31. The van der Waals surface area contributed by atoms with E-state index in [1.54, 1.807) is 16.9 Å². The average molecular weight is 390 g/mol. The molecular formula is C21H19FN6O. The highest BCUT2D eigenvalue weighted by molar-refractivity contribution is 5.91. The van der Waals surface area contributed by atoms with Crippen LogP contribution in [0.15, 0.2) is 61.1 Å². The van der Waals surface area contributed by atoms with Crippen LogP contribution in [-0.4, -0.2) is 25.8 Å². The van der Waals surface area contributed by atoms with E-state index in [0.717, 1.165) is 16.9 Å². The SMILES string of the molecule is Cc1cc(-n2ncc3c(F)c(NC(=O)N[C@H](C)c4ccccc4)ncc32)ccn1. The fourth-order valence-corrected chi connectivity index (χ4v) is 3.08. The van der Waals surface area contributed by atoms with Crippen LogP contribution in [0, 0.1) is 12.7 Å². The van der Waals surface area contributed by atoms with Crippen molar-refractivity contribution >= 4 is 22.8 Å². The predicted molar refractivity (Wildman–Crippen MR) is 108 cm³/mol. The third-order valence-corrected chi connectivity index (χ3v) is 4.57. The fourth-order valence-electron chi connectivity index (χ4n) is 3.08. The molecule has 2 amide bonds. The van der Waals surface area contributed by atoms with Gasteiger partial charge >= 0.3 is 6.03 Å². The van der Waals surface area contributed by atoms with Crippen molar-refractivity contribution in [2.75, 3.05) is 5.32 Å². The first-order valence-electron chi connectivity index (χ1n) is 9.10. The minimum Gasteiger partial charge on any atom is -0.331 e. The molecule has 0 unspecified atom stereocenters. The van der Waals surface area contributed by atoms with Crippen LogP contribution in [-0.2, 0) is 0 Å². The van der Waals surface area contributed by atoms with Gasteiger partial charge in [-0.15, -0.1) is 0 Å². The molecule has 4 aromatic rings. The Balaban J connectivity index is 1.56. The van der Waals surface area contributed by atoms with Crippen LogP contribution in [0.4, 0.5) is 15.0 Å². The summed E-state index contributed by atoms with van der Waals surface area (Å²) in [6.45, 7) is 3.72. The number of fused-ring (bicyclic) bond motifs is 1. The van der Waals surface area contributed by atoms with E-state index in [0.29, 0.717) is 5.52 Å². The molecule has 2 N–H and O–H groups in total.